The molecule has 4 aliphatic rings. The number of pyridine rings is 1. The molecule has 4 aliphatic carbocycles. The van der Waals surface area contributed by atoms with Crippen molar-refractivity contribution in [1.29, 1.82) is 0 Å². The van der Waals surface area contributed by atoms with E-state index >= 15 is 0 Å². The zero-order chi connectivity index (χ0) is 25.3. The summed E-state index contributed by atoms with van der Waals surface area (Å²) in [7, 11) is 1.85. The van der Waals surface area contributed by atoms with Crippen molar-refractivity contribution in [3.8, 4) is 0 Å². The summed E-state index contributed by atoms with van der Waals surface area (Å²) in [5, 5.41) is 15.4. The fourth-order valence-corrected chi connectivity index (χ4v) is 9.95. The molecular weight excluding hydrogens is 518 g/mol. The van der Waals surface area contributed by atoms with Crippen LogP contribution in [0.3, 0.4) is 0 Å². The first-order chi connectivity index (χ1) is 17.2. The monoisotopic (exact) mass is 557 g/mol. The highest BCUT2D eigenvalue weighted by Crippen LogP contribution is 2.68. The second-order valence-corrected chi connectivity index (χ2v) is 13.9. The predicted molar refractivity (Wildman–Crippen MR) is 142 cm³/mol. The van der Waals surface area contributed by atoms with Gasteiger partial charge < -0.3 is 9.84 Å². The molecule has 36 heavy (non-hydrogen) atoms. The summed E-state index contributed by atoms with van der Waals surface area (Å²) < 4.78 is 8.64. The van der Waals surface area contributed by atoms with Gasteiger partial charge in [-0.05, 0) is 121 Å². The van der Waals surface area contributed by atoms with Crippen LogP contribution < -0.4 is 0 Å². The van der Waals surface area contributed by atoms with Gasteiger partial charge in [0.25, 0.3) is 0 Å². The number of aliphatic hydroxyl groups is 1. The second-order valence-electron chi connectivity index (χ2n) is 13.0. The normalized spacial score (nSPS) is 42.1. The molecule has 4 fully saturated rings. The van der Waals surface area contributed by atoms with Crippen LogP contribution in [0.4, 0.5) is 0 Å². The maximum atomic E-state index is 13.8. The number of ketones is 1. The van der Waals surface area contributed by atoms with E-state index in [9.17, 15) is 9.90 Å². The van der Waals surface area contributed by atoms with Crippen LogP contribution in [0.15, 0.2) is 22.9 Å². The van der Waals surface area contributed by atoms with Gasteiger partial charge in [0.1, 0.15) is 12.1 Å². The summed E-state index contributed by atoms with van der Waals surface area (Å²) in [5.74, 6) is 2.90. The minimum Gasteiger partial charge on any atom is -0.390 e. The van der Waals surface area contributed by atoms with Crippen molar-refractivity contribution in [2.24, 2.45) is 40.4 Å². The van der Waals surface area contributed by atoms with Crippen LogP contribution in [0.25, 0.3) is 11.0 Å². The molecule has 1 N–H and O–H groups in total. The fourth-order valence-electron chi connectivity index (χ4n) is 9.63. The summed E-state index contributed by atoms with van der Waals surface area (Å²) in [6.45, 7) is 5.59. The van der Waals surface area contributed by atoms with E-state index in [1.54, 1.807) is 12.4 Å². The molecule has 0 amide bonds. The Morgan fingerprint density at radius 1 is 1.14 bits per heavy atom. The predicted octanol–water partition coefficient (Wildman–Crippen LogP) is 5.80. The number of ether oxygens (including phenoxy) is 1. The number of fused-ring (bicyclic) bond motifs is 6. The Kier molecular flexibility index (Phi) is 6.16. The van der Waals surface area contributed by atoms with E-state index in [1.807, 2.05) is 24.8 Å². The van der Waals surface area contributed by atoms with Crippen molar-refractivity contribution in [1.82, 2.24) is 14.8 Å². The highest BCUT2D eigenvalue weighted by atomic mass is 79.9. The number of Topliss-reactive ketones (excluding diaryl/α,β-unsaturated/α-hetero) is 1. The number of halogens is 1. The minimum atomic E-state index is -0.537. The van der Waals surface area contributed by atoms with E-state index < -0.39 is 5.60 Å². The van der Waals surface area contributed by atoms with E-state index in [0.29, 0.717) is 36.0 Å². The molecule has 2 heterocycles. The van der Waals surface area contributed by atoms with Gasteiger partial charge in [0.15, 0.2) is 5.78 Å². The third-order valence-electron chi connectivity index (χ3n) is 11.2. The molecule has 4 saturated carbocycles. The van der Waals surface area contributed by atoms with Gasteiger partial charge in [-0.15, -0.1) is 0 Å². The molecule has 0 aliphatic heterocycles. The smallest absolute Gasteiger partial charge is 0.157 e. The second kappa shape index (κ2) is 8.88. The molecule has 7 heteroatoms. The fraction of sp³-hybridized carbons (Fsp3) is 0.759. The van der Waals surface area contributed by atoms with Crippen LogP contribution >= 0.6 is 15.9 Å². The average Bonchev–Trinajstić information content (AvgIpc) is 3.39. The van der Waals surface area contributed by atoms with Crippen LogP contribution in [0.5, 0.6) is 0 Å². The van der Waals surface area contributed by atoms with Gasteiger partial charge in [0, 0.05) is 23.7 Å². The van der Waals surface area contributed by atoms with E-state index in [0.717, 1.165) is 60.6 Å². The van der Waals surface area contributed by atoms with Crippen molar-refractivity contribution in [2.45, 2.75) is 83.8 Å². The quantitative estimate of drug-likeness (QED) is 0.502. The number of carbonyl (C=O) groups excluding carboxylic acids is 1. The van der Waals surface area contributed by atoms with Gasteiger partial charge in [-0.25, -0.2) is 0 Å². The zero-order valence-electron chi connectivity index (χ0n) is 21.9. The molecule has 0 saturated heterocycles. The van der Waals surface area contributed by atoms with Crippen LogP contribution in [-0.2, 0) is 16.1 Å². The molecule has 2 aromatic rings. The Labute approximate surface area is 222 Å². The van der Waals surface area contributed by atoms with Crippen LogP contribution in [0, 0.1) is 40.4 Å². The topological polar surface area (TPSA) is 77.2 Å². The van der Waals surface area contributed by atoms with E-state index in [-0.39, 0.29) is 16.7 Å². The number of rotatable bonds is 5. The zero-order valence-corrected chi connectivity index (χ0v) is 23.5. The minimum absolute atomic E-state index is 0.0707. The Balaban J connectivity index is 1.24. The van der Waals surface area contributed by atoms with Gasteiger partial charge in [-0.3, -0.25) is 14.5 Å². The van der Waals surface area contributed by atoms with E-state index in [4.69, 9.17) is 4.74 Å². The lowest BCUT2D eigenvalue weighted by molar-refractivity contribution is -0.175. The van der Waals surface area contributed by atoms with Gasteiger partial charge in [0.2, 0.25) is 0 Å². The molecule has 0 radical (unpaired) electrons. The van der Waals surface area contributed by atoms with Crippen LogP contribution in [0.1, 0.15) is 71.6 Å². The molecule has 6 rings (SSSR count). The van der Waals surface area contributed by atoms with Crippen molar-refractivity contribution in [3.63, 3.8) is 0 Å². The van der Waals surface area contributed by atoms with Gasteiger partial charge in [-0.2, -0.15) is 5.10 Å². The lowest BCUT2D eigenvalue weighted by Gasteiger charge is -2.62. The highest BCUT2D eigenvalue weighted by Gasteiger charge is 2.63. The van der Waals surface area contributed by atoms with Crippen molar-refractivity contribution in [3.05, 3.63) is 22.9 Å². The van der Waals surface area contributed by atoms with Gasteiger partial charge in [0.05, 0.1) is 23.9 Å². The molecule has 8 atom stereocenters. The van der Waals surface area contributed by atoms with Gasteiger partial charge >= 0.3 is 0 Å². The molecule has 6 nitrogen and oxygen atoms in total. The van der Waals surface area contributed by atoms with Crippen molar-refractivity contribution >= 4 is 32.7 Å². The molecule has 0 bridgehead atoms. The van der Waals surface area contributed by atoms with Crippen molar-refractivity contribution < 1.29 is 14.6 Å². The Morgan fingerprint density at radius 3 is 2.78 bits per heavy atom. The summed E-state index contributed by atoms with van der Waals surface area (Å²) >= 11 is 3.50. The largest absolute Gasteiger partial charge is 0.390 e. The maximum Gasteiger partial charge on any atom is 0.157 e. The Morgan fingerprint density at radius 2 is 1.97 bits per heavy atom. The Hall–Kier alpha value is -1.31. The third kappa shape index (κ3) is 3.82. The van der Waals surface area contributed by atoms with E-state index in [1.165, 1.54) is 19.3 Å². The van der Waals surface area contributed by atoms with Crippen LogP contribution in [0.2, 0.25) is 0 Å². The van der Waals surface area contributed by atoms with Crippen molar-refractivity contribution in [2.75, 3.05) is 13.7 Å². The number of hydrogen-bond acceptors (Lipinski definition) is 5. The number of nitrogens with zero attached hydrogens (tertiary/aromatic N) is 3. The first-order valence-electron chi connectivity index (χ1n) is 13.9. The summed E-state index contributed by atoms with van der Waals surface area (Å²) in [6, 6.07) is 2.00. The first-order valence-corrected chi connectivity index (χ1v) is 14.7. The standard InChI is InChI=1S/C29H40BrN3O3/c1-27(35)10-11-29(17-36-3)18(13-27)4-5-20-21-6-7-23(28(21,2)9-8-22(20)29)26(34)16-33-25-12-19(30)14-31-24(25)15-32-33/h12,14-15,18,20-23,35H,4-11,13,16-17H2,1-3H3. The molecular formula is C29H40BrN3O3. The number of methoxy groups -OCH3 is 1. The number of carbonyl (C=O) groups is 1. The van der Waals surface area contributed by atoms with Crippen LogP contribution in [-0.4, -0.2) is 45.0 Å². The summed E-state index contributed by atoms with van der Waals surface area (Å²) in [6.07, 6.45) is 13.3. The molecule has 0 aromatic carbocycles. The number of aromatic nitrogens is 3. The highest BCUT2D eigenvalue weighted by molar-refractivity contribution is 9.10. The summed E-state index contributed by atoms with van der Waals surface area (Å²) in [5.41, 5.74) is 1.46. The SMILES string of the molecule is COCC12CCC(C)(O)CC1CCC1C3CCC(C(=O)Cn4ncc5ncc(Br)cc54)C3(C)CCC12. The molecule has 196 valence electrons. The van der Waals surface area contributed by atoms with E-state index in [2.05, 4.69) is 32.9 Å². The lowest BCUT2D eigenvalue weighted by Crippen LogP contribution is -2.58. The lowest BCUT2D eigenvalue weighted by atomic mass is 9.43. The molecule has 8 unspecified atom stereocenters. The molecule has 2 aromatic heterocycles. The number of hydrogen-bond donors (Lipinski definition) is 1. The Bertz CT molecular complexity index is 1160. The average molecular weight is 559 g/mol. The third-order valence-corrected chi connectivity index (χ3v) is 11.7. The first kappa shape index (κ1) is 25.0. The summed E-state index contributed by atoms with van der Waals surface area (Å²) in [4.78, 5) is 18.2. The molecule has 0 spiro atoms. The maximum absolute atomic E-state index is 13.8. The van der Waals surface area contributed by atoms with Gasteiger partial charge in [-0.1, -0.05) is 6.92 Å².